The van der Waals surface area contributed by atoms with E-state index in [0.717, 1.165) is 0 Å². The van der Waals surface area contributed by atoms with Crippen molar-refractivity contribution in [3.8, 4) is 0 Å². The quantitative estimate of drug-likeness (QED) is 0.545. The molecule has 2 aromatic heterocycles. The van der Waals surface area contributed by atoms with Crippen molar-refractivity contribution in [3.05, 3.63) is 80.7 Å². The van der Waals surface area contributed by atoms with Crippen LogP contribution in [-0.4, -0.2) is 10.8 Å². The van der Waals surface area contributed by atoms with E-state index in [1.165, 1.54) is 15.3 Å². The van der Waals surface area contributed by atoms with Crippen molar-refractivity contribution in [1.29, 1.82) is 0 Å². The Morgan fingerprint density at radius 1 is 0.917 bits per heavy atom. The van der Waals surface area contributed by atoms with E-state index in [1.54, 1.807) is 22.7 Å². The van der Waals surface area contributed by atoms with Gasteiger partial charge in [0.05, 0.1) is 13.1 Å². The molecule has 1 amide bonds. The second-order valence-electron chi connectivity index (χ2n) is 5.92. The number of carbonyl (C=O) groups is 1. The van der Waals surface area contributed by atoms with Crippen LogP contribution in [0.3, 0.4) is 0 Å². The van der Waals surface area contributed by atoms with Crippen molar-refractivity contribution in [3.63, 3.8) is 0 Å². The molecule has 0 saturated heterocycles. The molecule has 24 heavy (non-hydrogen) atoms. The highest BCUT2D eigenvalue weighted by Gasteiger charge is 2.19. The van der Waals surface area contributed by atoms with Gasteiger partial charge in [0.1, 0.15) is 0 Å². The number of thiophene rings is 2. The summed E-state index contributed by atoms with van der Waals surface area (Å²) in [5, 5.41) is 4.13. The lowest BCUT2D eigenvalue weighted by Gasteiger charge is -2.23. The van der Waals surface area contributed by atoms with Gasteiger partial charge in [0, 0.05) is 16.2 Å². The smallest absolute Gasteiger partial charge is 0.223 e. The minimum atomic E-state index is 0.216. The van der Waals surface area contributed by atoms with Crippen molar-refractivity contribution in [2.75, 3.05) is 0 Å². The van der Waals surface area contributed by atoms with Crippen molar-refractivity contribution in [2.24, 2.45) is 0 Å². The Labute approximate surface area is 151 Å². The minimum Gasteiger partial charge on any atom is -0.332 e. The SMILES string of the molecule is CC(CC(=O)N(Cc1cccs1)Cc1cccs1)c1ccccc1. The second-order valence-corrected chi connectivity index (χ2v) is 7.99. The Balaban J connectivity index is 1.70. The maximum atomic E-state index is 12.9. The standard InChI is InChI=1S/C20H21NOS2/c1-16(17-7-3-2-4-8-17)13-20(22)21(14-18-9-5-11-23-18)15-19-10-6-12-24-19/h2-12,16H,13-15H2,1H3. The summed E-state index contributed by atoms with van der Waals surface area (Å²) in [5.74, 6) is 0.445. The Hall–Kier alpha value is -1.91. The highest BCUT2D eigenvalue weighted by atomic mass is 32.1. The van der Waals surface area contributed by atoms with Crippen LogP contribution in [0.5, 0.6) is 0 Å². The fraction of sp³-hybridized carbons (Fsp3) is 0.250. The van der Waals surface area contributed by atoms with Crippen LogP contribution in [0.2, 0.25) is 0 Å². The highest BCUT2D eigenvalue weighted by molar-refractivity contribution is 7.10. The predicted molar refractivity (Wildman–Crippen MR) is 102 cm³/mol. The fourth-order valence-electron chi connectivity index (χ4n) is 2.70. The average Bonchev–Trinajstić information content (AvgIpc) is 3.29. The molecule has 0 saturated carbocycles. The molecule has 0 N–H and O–H groups in total. The fourth-order valence-corrected chi connectivity index (χ4v) is 4.14. The first-order chi connectivity index (χ1) is 11.7. The van der Waals surface area contributed by atoms with E-state index in [4.69, 9.17) is 0 Å². The molecule has 0 aliphatic rings. The molecule has 0 spiro atoms. The lowest BCUT2D eigenvalue weighted by Crippen LogP contribution is -2.30. The predicted octanol–water partition coefficient (Wildman–Crippen LogP) is 5.53. The maximum Gasteiger partial charge on any atom is 0.223 e. The summed E-state index contributed by atoms with van der Waals surface area (Å²) in [7, 11) is 0. The molecule has 0 aliphatic carbocycles. The third-order valence-corrected chi connectivity index (χ3v) is 5.78. The van der Waals surface area contributed by atoms with E-state index in [1.807, 2.05) is 35.2 Å². The average molecular weight is 356 g/mol. The molecule has 0 fully saturated rings. The normalized spacial score (nSPS) is 12.0. The molecule has 3 rings (SSSR count). The first-order valence-corrected chi connectivity index (χ1v) is 9.86. The molecular formula is C20H21NOS2. The summed E-state index contributed by atoms with van der Waals surface area (Å²) < 4.78 is 0. The summed E-state index contributed by atoms with van der Waals surface area (Å²) >= 11 is 3.41. The van der Waals surface area contributed by atoms with Crippen molar-refractivity contribution < 1.29 is 4.79 Å². The molecule has 1 atom stereocenters. The van der Waals surface area contributed by atoms with Gasteiger partial charge in [0.25, 0.3) is 0 Å². The van der Waals surface area contributed by atoms with E-state index in [9.17, 15) is 4.79 Å². The van der Waals surface area contributed by atoms with Gasteiger partial charge in [0.15, 0.2) is 0 Å². The molecule has 1 unspecified atom stereocenters. The third-order valence-electron chi connectivity index (χ3n) is 4.06. The van der Waals surface area contributed by atoms with Crippen LogP contribution >= 0.6 is 22.7 Å². The van der Waals surface area contributed by atoms with E-state index >= 15 is 0 Å². The Kier molecular flexibility index (Phi) is 5.83. The summed E-state index contributed by atoms with van der Waals surface area (Å²) in [5.41, 5.74) is 1.22. The molecule has 2 nitrogen and oxygen atoms in total. The molecule has 0 radical (unpaired) electrons. The summed E-state index contributed by atoms with van der Waals surface area (Å²) in [6.07, 6.45) is 0.542. The minimum absolute atomic E-state index is 0.216. The number of rotatable bonds is 7. The van der Waals surface area contributed by atoms with Gasteiger partial charge in [-0.3, -0.25) is 4.79 Å². The first kappa shape index (κ1) is 16.9. The van der Waals surface area contributed by atoms with Crippen LogP contribution in [0, 0.1) is 0 Å². The Bertz CT molecular complexity index is 699. The van der Waals surface area contributed by atoms with Crippen LogP contribution < -0.4 is 0 Å². The number of benzene rings is 1. The van der Waals surface area contributed by atoms with Gasteiger partial charge in [0.2, 0.25) is 5.91 Å². The van der Waals surface area contributed by atoms with Crippen molar-refractivity contribution in [1.82, 2.24) is 4.90 Å². The van der Waals surface area contributed by atoms with E-state index in [-0.39, 0.29) is 11.8 Å². The molecule has 4 heteroatoms. The topological polar surface area (TPSA) is 20.3 Å². The van der Waals surface area contributed by atoms with Crippen molar-refractivity contribution >= 4 is 28.6 Å². The van der Waals surface area contributed by atoms with E-state index < -0.39 is 0 Å². The number of nitrogens with zero attached hydrogens (tertiary/aromatic N) is 1. The number of hydrogen-bond donors (Lipinski definition) is 0. The molecule has 2 heterocycles. The number of hydrogen-bond acceptors (Lipinski definition) is 3. The Morgan fingerprint density at radius 2 is 1.50 bits per heavy atom. The zero-order chi connectivity index (χ0) is 16.8. The van der Waals surface area contributed by atoms with E-state index in [0.29, 0.717) is 19.5 Å². The number of carbonyl (C=O) groups excluding carboxylic acids is 1. The largest absolute Gasteiger partial charge is 0.332 e. The van der Waals surface area contributed by atoms with Gasteiger partial charge in [-0.05, 0) is 34.4 Å². The Morgan fingerprint density at radius 3 is 2.00 bits per heavy atom. The van der Waals surface area contributed by atoms with Crippen LogP contribution in [0.1, 0.15) is 34.6 Å². The van der Waals surface area contributed by atoms with Gasteiger partial charge >= 0.3 is 0 Å². The van der Waals surface area contributed by atoms with Gasteiger partial charge in [-0.25, -0.2) is 0 Å². The molecular weight excluding hydrogens is 334 g/mol. The third kappa shape index (κ3) is 4.56. The molecule has 0 bridgehead atoms. The summed E-state index contributed by atoms with van der Waals surface area (Å²) in [6.45, 7) is 3.51. The lowest BCUT2D eigenvalue weighted by molar-refractivity contribution is -0.132. The first-order valence-electron chi connectivity index (χ1n) is 8.10. The molecule has 1 aromatic carbocycles. The maximum absolute atomic E-state index is 12.9. The van der Waals surface area contributed by atoms with Gasteiger partial charge in [-0.2, -0.15) is 0 Å². The van der Waals surface area contributed by atoms with Crippen LogP contribution in [-0.2, 0) is 17.9 Å². The summed E-state index contributed by atoms with van der Waals surface area (Å²) in [4.78, 5) is 17.4. The monoisotopic (exact) mass is 355 g/mol. The van der Waals surface area contributed by atoms with Crippen LogP contribution in [0.25, 0.3) is 0 Å². The highest BCUT2D eigenvalue weighted by Crippen LogP contribution is 2.23. The molecule has 0 aliphatic heterocycles. The van der Waals surface area contributed by atoms with Crippen LogP contribution in [0.4, 0.5) is 0 Å². The molecule has 3 aromatic rings. The van der Waals surface area contributed by atoms with Gasteiger partial charge in [-0.15, -0.1) is 22.7 Å². The second kappa shape index (κ2) is 8.27. The van der Waals surface area contributed by atoms with Crippen molar-refractivity contribution in [2.45, 2.75) is 32.4 Å². The van der Waals surface area contributed by atoms with Crippen LogP contribution in [0.15, 0.2) is 65.4 Å². The molecule has 124 valence electrons. The lowest BCUT2D eigenvalue weighted by atomic mass is 9.97. The van der Waals surface area contributed by atoms with E-state index in [2.05, 4.69) is 41.9 Å². The zero-order valence-corrected chi connectivity index (χ0v) is 15.4. The summed E-state index contributed by atoms with van der Waals surface area (Å²) in [6, 6.07) is 18.6. The van der Waals surface area contributed by atoms with Gasteiger partial charge in [-0.1, -0.05) is 49.4 Å². The number of amides is 1. The van der Waals surface area contributed by atoms with Gasteiger partial charge < -0.3 is 4.90 Å². The zero-order valence-electron chi connectivity index (χ0n) is 13.7.